The van der Waals surface area contributed by atoms with Gasteiger partial charge in [-0.05, 0) is 12.1 Å². The number of benzene rings is 2. The Morgan fingerprint density at radius 1 is 0.706 bits per heavy atom. The predicted octanol–water partition coefficient (Wildman–Crippen LogP) is 5.13. The van der Waals surface area contributed by atoms with Crippen LogP contribution in [0.4, 0.5) is 8.78 Å². The van der Waals surface area contributed by atoms with Crippen LogP contribution >= 0.6 is 23.2 Å². The summed E-state index contributed by atoms with van der Waals surface area (Å²) in [7, 11) is 0. The van der Waals surface area contributed by atoms with Crippen molar-refractivity contribution in [2.24, 2.45) is 0 Å². The maximum atomic E-state index is 14.2. The minimum absolute atomic E-state index is 0.0254. The van der Waals surface area contributed by atoms with E-state index in [-0.39, 0.29) is 21.2 Å². The molecule has 0 amide bonds. The third-order valence-electron chi connectivity index (χ3n) is 2.42. The topological polar surface area (TPSA) is 0 Å². The van der Waals surface area contributed by atoms with E-state index < -0.39 is 5.92 Å². The van der Waals surface area contributed by atoms with Crippen LogP contribution in [0.3, 0.4) is 0 Å². The van der Waals surface area contributed by atoms with E-state index in [1.165, 1.54) is 36.4 Å². The molecule has 0 aliphatic rings. The Morgan fingerprint density at radius 3 is 1.41 bits per heavy atom. The summed E-state index contributed by atoms with van der Waals surface area (Å²) in [6, 6.07) is 11.7. The Morgan fingerprint density at radius 2 is 1.06 bits per heavy atom. The van der Waals surface area contributed by atoms with Gasteiger partial charge >= 0.3 is 5.92 Å². The Bertz CT molecular complexity index is 491. The van der Waals surface area contributed by atoms with E-state index in [1.807, 2.05) is 0 Å². The van der Waals surface area contributed by atoms with E-state index in [4.69, 9.17) is 23.2 Å². The molecule has 17 heavy (non-hydrogen) atoms. The van der Waals surface area contributed by atoms with Crippen molar-refractivity contribution in [1.82, 2.24) is 0 Å². The molecular formula is C13H8Cl2F2. The molecule has 0 fully saturated rings. The molecule has 2 aromatic rings. The summed E-state index contributed by atoms with van der Waals surface area (Å²) in [6.45, 7) is 0. The van der Waals surface area contributed by atoms with E-state index in [2.05, 4.69) is 0 Å². The highest BCUT2D eigenvalue weighted by Crippen LogP contribution is 2.41. The molecule has 88 valence electrons. The van der Waals surface area contributed by atoms with Crippen molar-refractivity contribution in [2.45, 2.75) is 5.92 Å². The molecule has 0 nitrogen and oxygen atoms in total. The zero-order chi connectivity index (χ0) is 12.5. The Hall–Kier alpha value is -1.12. The average Bonchev–Trinajstić information content (AvgIpc) is 2.29. The van der Waals surface area contributed by atoms with Crippen LogP contribution in [-0.2, 0) is 5.92 Å². The van der Waals surface area contributed by atoms with Gasteiger partial charge in [0, 0.05) is 11.1 Å². The molecule has 0 saturated heterocycles. The van der Waals surface area contributed by atoms with E-state index in [1.54, 1.807) is 12.1 Å². The molecule has 0 bridgehead atoms. The van der Waals surface area contributed by atoms with Crippen LogP contribution in [0.5, 0.6) is 0 Å². The van der Waals surface area contributed by atoms with Gasteiger partial charge in [0.05, 0.1) is 10.0 Å². The molecule has 0 atom stereocenters. The SMILES string of the molecule is FC(F)(c1ccccc1Cl)c1ccccc1Cl. The first-order valence-electron chi connectivity index (χ1n) is 4.91. The molecule has 0 radical (unpaired) electrons. The van der Waals surface area contributed by atoms with Crippen molar-refractivity contribution in [3.05, 3.63) is 69.7 Å². The van der Waals surface area contributed by atoms with Gasteiger partial charge in [0.15, 0.2) is 0 Å². The summed E-state index contributed by atoms with van der Waals surface area (Å²) in [4.78, 5) is 0. The summed E-state index contributed by atoms with van der Waals surface area (Å²) >= 11 is 11.6. The van der Waals surface area contributed by atoms with Gasteiger partial charge in [0.2, 0.25) is 0 Å². The van der Waals surface area contributed by atoms with E-state index in [0.29, 0.717) is 0 Å². The smallest absolute Gasteiger partial charge is 0.196 e. The zero-order valence-corrected chi connectivity index (χ0v) is 10.1. The Balaban J connectivity index is 2.58. The first-order chi connectivity index (χ1) is 8.03. The van der Waals surface area contributed by atoms with Gasteiger partial charge in [-0.15, -0.1) is 0 Å². The molecule has 0 aliphatic heterocycles. The van der Waals surface area contributed by atoms with E-state index in [9.17, 15) is 8.78 Å². The molecular weight excluding hydrogens is 265 g/mol. The third kappa shape index (κ3) is 2.28. The van der Waals surface area contributed by atoms with Crippen LogP contribution in [0.25, 0.3) is 0 Å². The second kappa shape index (κ2) is 4.63. The summed E-state index contributed by atoms with van der Waals surface area (Å²) in [6.07, 6.45) is 0. The van der Waals surface area contributed by atoms with Crippen molar-refractivity contribution in [3.8, 4) is 0 Å². The number of hydrogen-bond acceptors (Lipinski definition) is 0. The molecule has 0 unspecified atom stereocenters. The monoisotopic (exact) mass is 272 g/mol. The third-order valence-corrected chi connectivity index (χ3v) is 3.08. The van der Waals surface area contributed by atoms with E-state index >= 15 is 0 Å². The lowest BCUT2D eigenvalue weighted by atomic mass is 10.0. The predicted molar refractivity (Wildman–Crippen MR) is 65.9 cm³/mol. The van der Waals surface area contributed by atoms with Crippen molar-refractivity contribution in [2.75, 3.05) is 0 Å². The van der Waals surface area contributed by atoms with Crippen LogP contribution in [0, 0.1) is 0 Å². The summed E-state index contributed by atoms with van der Waals surface area (Å²) < 4.78 is 28.5. The Labute approximate surface area is 108 Å². The van der Waals surface area contributed by atoms with Crippen molar-refractivity contribution in [3.63, 3.8) is 0 Å². The number of hydrogen-bond donors (Lipinski definition) is 0. The largest absolute Gasteiger partial charge is 0.301 e. The van der Waals surface area contributed by atoms with Gasteiger partial charge in [0.25, 0.3) is 0 Å². The fourth-order valence-electron chi connectivity index (χ4n) is 1.58. The molecule has 2 rings (SSSR count). The second-order valence-electron chi connectivity index (χ2n) is 3.53. The van der Waals surface area contributed by atoms with Crippen LogP contribution in [0.15, 0.2) is 48.5 Å². The second-order valence-corrected chi connectivity index (χ2v) is 4.35. The summed E-state index contributed by atoms with van der Waals surface area (Å²) in [5, 5.41) is 0.0508. The van der Waals surface area contributed by atoms with Gasteiger partial charge in [0.1, 0.15) is 0 Å². The highest BCUT2D eigenvalue weighted by Gasteiger charge is 2.37. The molecule has 2 aromatic carbocycles. The first kappa shape index (κ1) is 12.3. The van der Waals surface area contributed by atoms with Crippen LogP contribution in [-0.4, -0.2) is 0 Å². The average molecular weight is 273 g/mol. The van der Waals surface area contributed by atoms with Crippen molar-refractivity contribution < 1.29 is 8.78 Å². The fraction of sp³-hybridized carbons (Fsp3) is 0.0769. The molecule has 0 saturated carbocycles. The van der Waals surface area contributed by atoms with Crippen LogP contribution < -0.4 is 0 Å². The van der Waals surface area contributed by atoms with Crippen molar-refractivity contribution >= 4 is 23.2 Å². The maximum Gasteiger partial charge on any atom is 0.301 e. The minimum atomic E-state index is -3.20. The highest BCUT2D eigenvalue weighted by atomic mass is 35.5. The lowest BCUT2D eigenvalue weighted by Gasteiger charge is -2.19. The fourth-order valence-corrected chi connectivity index (χ4v) is 2.09. The Kier molecular flexibility index (Phi) is 3.36. The van der Waals surface area contributed by atoms with Gasteiger partial charge < -0.3 is 0 Å². The quantitative estimate of drug-likeness (QED) is 0.711. The van der Waals surface area contributed by atoms with E-state index in [0.717, 1.165) is 0 Å². The molecule has 0 spiro atoms. The van der Waals surface area contributed by atoms with Gasteiger partial charge in [-0.1, -0.05) is 59.6 Å². The molecule has 0 aliphatic carbocycles. The number of halogens is 4. The minimum Gasteiger partial charge on any atom is -0.196 e. The zero-order valence-electron chi connectivity index (χ0n) is 8.63. The molecule has 0 aromatic heterocycles. The molecule has 0 heterocycles. The lowest BCUT2D eigenvalue weighted by Crippen LogP contribution is -2.16. The maximum absolute atomic E-state index is 14.2. The van der Waals surface area contributed by atoms with Gasteiger partial charge in [-0.2, -0.15) is 8.78 Å². The van der Waals surface area contributed by atoms with Crippen molar-refractivity contribution in [1.29, 1.82) is 0 Å². The standard InChI is InChI=1S/C13H8Cl2F2/c14-11-7-3-1-5-9(11)13(16,17)10-6-2-4-8-12(10)15/h1-8H. The summed E-state index contributed by atoms with van der Waals surface area (Å²) in [5.41, 5.74) is -0.482. The van der Waals surface area contributed by atoms with Gasteiger partial charge in [-0.25, -0.2) is 0 Å². The normalized spacial score (nSPS) is 11.5. The highest BCUT2D eigenvalue weighted by molar-refractivity contribution is 6.32. The summed E-state index contributed by atoms with van der Waals surface area (Å²) in [5.74, 6) is -3.20. The number of alkyl halides is 2. The lowest BCUT2D eigenvalue weighted by molar-refractivity contribution is 0.0431. The van der Waals surface area contributed by atoms with Crippen LogP contribution in [0.2, 0.25) is 10.0 Å². The number of rotatable bonds is 2. The van der Waals surface area contributed by atoms with Gasteiger partial charge in [-0.3, -0.25) is 0 Å². The molecule has 0 N–H and O–H groups in total. The molecule has 4 heteroatoms. The van der Waals surface area contributed by atoms with Crippen LogP contribution in [0.1, 0.15) is 11.1 Å². The first-order valence-corrected chi connectivity index (χ1v) is 5.67.